The van der Waals surface area contributed by atoms with Gasteiger partial charge in [0.15, 0.2) is 0 Å². The van der Waals surface area contributed by atoms with Crippen LogP contribution < -0.4 is 0 Å². The molecular formula is C23H27N3O2. The van der Waals surface area contributed by atoms with Gasteiger partial charge < -0.3 is 14.6 Å². The van der Waals surface area contributed by atoms with Gasteiger partial charge in [-0.2, -0.15) is 0 Å². The van der Waals surface area contributed by atoms with Crippen LogP contribution in [-0.4, -0.2) is 39.1 Å². The molecule has 0 fully saturated rings. The Bertz CT molecular complexity index is 871. The molecule has 0 saturated carbocycles. The van der Waals surface area contributed by atoms with E-state index in [0.717, 1.165) is 36.1 Å². The summed E-state index contributed by atoms with van der Waals surface area (Å²) in [5.41, 5.74) is 3.73. The average Bonchev–Trinajstić information content (AvgIpc) is 3.25. The molecule has 1 heterocycles. The van der Waals surface area contributed by atoms with Crippen LogP contribution in [-0.2, 0) is 6.54 Å². The van der Waals surface area contributed by atoms with Crippen molar-refractivity contribution < 1.29 is 9.90 Å². The Balaban J connectivity index is 1.63. The predicted octanol–water partition coefficient (Wildman–Crippen LogP) is 4.16. The van der Waals surface area contributed by atoms with E-state index in [4.69, 9.17) is 0 Å². The molecule has 3 aromatic rings. The Morgan fingerprint density at radius 1 is 1.11 bits per heavy atom. The van der Waals surface area contributed by atoms with E-state index in [1.807, 2.05) is 66.3 Å². The van der Waals surface area contributed by atoms with Gasteiger partial charge in [0.05, 0.1) is 12.4 Å². The normalized spacial score (nSPS) is 12.0. The molecule has 0 radical (unpaired) electrons. The monoisotopic (exact) mass is 377 g/mol. The highest BCUT2D eigenvalue weighted by atomic mass is 16.3. The molecule has 0 aliphatic heterocycles. The van der Waals surface area contributed by atoms with Crippen molar-refractivity contribution in [3.05, 3.63) is 78.4 Å². The highest BCUT2D eigenvalue weighted by Crippen LogP contribution is 2.24. The number of rotatable bonds is 8. The van der Waals surface area contributed by atoms with E-state index in [2.05, 4.69) is 11.9 Å². The highest BCUT2D eigenvalue weighted by molar-refractivity contribution is 5.94. The fourth-order valence-corrected chi connectivity index (χ4v) is 3.15. The second kappa shape index (κ2) is 9.33. The summed E-state index contributed by atoms with van der Waals surface area (Å²) < 4.78 is 1.95. The molecule has 3 rings (SSSR count). The fourth-order valence-electron chi connectivity index (χ4n) is 3.15. The molecule has 28 heavy (non-hydrogen) atoms. The van der Waals surface area contributed by atoms with Crippen molar-refractivity contribution in [3.63, 3.8) is 0 Å². The third kappa shape index (κ3) is 4.87. The van der Waals surface area contributed by atoms with Gasteiger partial charge in [0, 0.05) is 38.1 Å². The Kier molecular flexibility index (Phi) is 6.61. The number of likely N-dealkylation sites (N-methyl/N-ethyl adjacent to an activating group) is 1. The van der Waals surface area contributed by atoms with Gasteiger partial charge >= 0.3 is 0 Å². The van der Waals surface area contributed by atoms with E-state index < -0.39 is 6.10 Å². The predicted molar refractivity (Wildman–Crippen MR) is 111 cm³/mol. The Hall–Kier alpha value is -2.92. The van der Waals surface area contributed by atoms with Gasteiger partial charge in [-0.05, 0) is 35.2 Å². The molecule has 1 atom stereocenters. The van der Waals surface area contributed by atoms with E-state index in [1.54, 1.807) is 17.4 Å². The first kappa shape index (κ1) is 19.8. The number of hydrogen-bond acceptors (Lipinski definition) is 3. The summed E-state index contributed by atoms with van der Waals surface area (Å²) in [6.45, 7) is 3.41. The lowest BCUT2D eigenvalue weighted by Gasteiger charge is -2.17. The molecule has 5 nitrogen and oxygen atoms in total. The number of aliphatic hydroxyl groups excluding tert-OH is 1. The number of benzene rings is 2. The van der Waals surface area contributed by atoms with Gasteiger partial charge in [-0.1, -0.05) is 49.7 Å². The molecular weight excluding hydrogens is 350 g/mol. The highest BCUT2D eigenvalue weighted by Gasteiger charge is 2.12. The van der Waals surface area contributed by atoms with Crippen molar-refractivity contribution in [1.82, 2.24) is 14.5 Å². The number of carbonyl (C=O) groups excluding carboxylic acids is 1. The summed E-state index contributed by atoms with van der Waals surface area (Å²) in [4.78, 5) is 18.3. The van der Waals surface area contributed by atoms with Gasteiger partial charge in [0.2, 0.25) is 0 Å². The molecule has 1 N–H and O–H groups in total. The number of carbonyl (C=O) groups is 1. The number of hydrogen-bond donors (Lipinski definition) is 1. The van der Waals surface area contributed by atoms with Crippen molar-refractivity contribution in [2.45, 2.75) is 32.4 Å². The van der Waals surface area contributed by atoms with Crippen LogP contribution in [0, 0.1) is 0 Å². The number of nitrogens with zero attached hydrogens (tertiary/aromatic N) is 3. The SMILES string of the molecule is CCC[C@H](O)c1ccc(-c2ccc(C(=O)N(C)CCn3ccnc3)cc2)cc1. The number of amides is 1. The van der Waals surface area contributed by atoms with Crippen LogP contribution in [0.4, 0.5) is 0 Å². The quantitative estimate of drug-likeness (QED) is 0.641. The third-order valence-electron chi connectivity index (χ3n) is 4.92. The summed E-state index contributed by atoms with van der Waals surface area (Å²) in [5, 5.41) is 10.1. The van der Waals surface area contributed by atoms with Gasteiger partial charge in [-0.25, -0.2) is 4.98 Å². The standard InChI is InChI=1S/C23H27N3O2/c1-3-4-22(27)20-9-5-18(6-10-20)19-7-11-21(12-8-19)23(28)25(2)15-16-26-14-13-24-17-26/h5-14,17,22,27H,3-4,15-16H2,1-2H3/t22-/m0/s1. The van der Waals surface area contributed by atoms with Crippen LogP contribution >= 0.6 is 0 Å². The van der Waals surface area contributed by atoms with E-state index in [9.17, 15) is 9.90 Å². The molecule has 0 aliphatic carbocycles. The third-order valence-corrected chi connectivity index (χ3v) is 4.92. The van der Waals surface area contributed by atoms with Gasteiger partial charge in [0.1, 0.15) is 0 Å². The van der Waals surface area contributed by atoms with Crippen molar-refractivity contribution >= 4 is 5.91 Å². The molecule has 1 amide bonds. The molecule has 146 valence electrons. The molecule has 0 aliphatic rings. The minimum atomic E-state index is -0.406. The van der Waals surface area contributed by atoms with E-state index in [0.29, 0.717) is 12.1 Å². The summed E-state index contributed by atoms with van der Waals surface area (Å²) in [5.74, 6) is 0.00435. The maximum atomic E-state index is 12.6. The lowest BCUT2D eigenvalue weighted by Crippen LogP contribution is -2.29. The summed E-state index contributed by atoms with van der Waals surface area (Å²) in [7, 11) is 1.81. The second-order valence-corrected chi connectivity index (χ2v) is 7.03. The molecule has 5 heteroatoms. The first-order valence-electron chi connectivity index (χ1n) is 9.68. The molecule has 0 saturated heterocycles. The van der Waals surface area contributed by atoms with E-state index >= 15 is 0 Å². The first-order chi connectivity index (χ1) is 13.6. The van der Waals surface area contributed by atoms with Crippen LogP contribution in [0.15, 0.2) is 67.3 Å². The Morgan fingerprint density at radius 2 is 1.75 bits per heavy atom. The number of aliphatic hydroxyl groups is 1. The van der Waals surface area contributed by atoms with Crippen LogP contribution in [0.1, 0.15) is 41.8 Å². The summed E-state index contributed by atoms with van der Waals surface area (Å²) in [6.07, 6.45) is 6.69. The molecule has 0 bridgehead atoms. The summed E-state index contributed by atoms with van der Waals surface area (Å²) >= 11 is 0. The van der Waals surface area contributed by atoms with Crippen molar-refractivity contribution in [3.8, 4) is 11.1 Å². The minimum Gasteiger partial charge on any atom is -0.388 e. The lowest BCUT2D eigenvalue weighted by molar-refractivity contribution is 0.0790. The smallest absolute Gasteiger partial charge is 0.253 e. The molecule has 0 unspecified atom stereocenters. The lowest BCUT2D eigenvalue weighted by atomic mass is 9.99. The molecule has 2 aromatic carbocycles. The maximum absolute atomic E-state index is 12.6. The van der Waals surface area contributed by atoms with Crippen molar-refractivity contribution in [1.29, 1.82) is 0 Å². The zero-order valence-corrected chi connectivity index (χ0v) is 16.5. The first-order valence-corrected chi connectivity index (χ1v) is 9.68. The topological polar surface area (TPSA) is 58.4 Å². The van der Waals surface area contributed by atoms with Crippen LogP contribution in [0.3, 0.4) is 0 Å². The zero-order chi connectivity index (χ0) is 19.9. The van der Waals surface area contributed by atoms with Crippen LogP contribution in [0.2, 0.25) is 0 Å². The second-order valence-electron chi connectivity index (χ2n) is 7.03. The van der Waals surface area contributed by atoms with Gasteiger partial charge in [-0.15, -0.1) is 0 Å². The summed E-state index contributed by atoms with van der Waals surface area (Å²) in [6, 6.07) is 15.6. The van der Waals surface area contributed by atoms with Crippen LogP contribution in [0.5, 0.6) is 0 Å². The van der Waals surface area contributed by atoms with Gasteiger partial charge in [0.25, 0.3) is 5.91 Å². The largest absolute Gasteiger partial charge is 0.388 e. The fraction of sp³-hybridized carbons (Fsp3) is 0.304. The minimum absolute atomic E-state index is 0.00435. The van der Waals surface area contributed by atoms with Crippen molar-refractivity contribution in [2.24, 2.45) is 0 Å². The Morgan fingerprint density at radius 3 is 2.32 bits per heavy atom. The average molecular weight is 377 g/mol. The van der Waals surface area contributed by atoms with Gasteiger partial charge in [-0.3, -0.25) is 4.79 Å². The molecule has 0 spiro atoms. The number of imidazole rings is 1. The zero-order valence-electron chi connectivity index (χ0n) is 16.5. The number of aromatic nitrogens is 2. The van der Waals surface area contributed by atoms with Crippen LogP contribution in [0.25, 0.3) is 11.1 Å². The van der Waals surface area contributed by atoms with Crippen molar-refractivity contribution in [2.75, 3.05) is 13.6 Å². The van der Waals surface area contributed by atoms with E-state index in [-0.39, 0.29) is 5.91 Å². The van der Waals surface area contributed by atoms with E-state index in [1.165, 1.54) is 0 Å². The Labute approximate surface area is 166 Å². The maximum Gasteiger partial charge on any atom is 0.253 e. The molecule has 1 aromatic heterocycles.